The molecule has 4 fully saturated rings. The van der Waals surface area contributed by atoms with Gasteiger partial charge in [-0.25, -0.2) is 0 Å². The molecule has 0 amide bonds. The number of Topliss-reactive ketones (excluding diaryl/α,β-unsaturated/α-hetero) is 1. The number of carbonyl (C=O) groups excluding carboxylic acids is 2. The van der Waals surface area contributed by atoms with Gasteiger partial charge in [-0.05, 0) is 96.9 Å². The van der Waals surface area contributed by atoms with Crippen LogP contribution < -0.4 is 0 Å². The fraction of sp³-hybridized carbons (Fsp3) is 0.879. The molecule has 0 aromatic carbocycles. The zero-order chi connectivity index (χ0) is 28.8. The number of ketones is 1. The fourth-order valence-electron chi connectivity index (χ4n) is 11.7. The highest BCUT2D eigenvalue weighted by atomic mass is 16.6. The van der Waals surface area contributed by atoms with Crippen molar-refractivity contribution in [3.63, 3.8) is 0 Å². The lowest BCUT2D eigenvalue weighted by Gasteiger charge is -2.72. The summed E-state index contributed by atoms with van der Waals surface area (Å²) < 4.78 is 5.88. The topological polar surface area (TPSA) is 86.5 Å². The maximum Gasteiger partial charge on any atom is 0.302 e. The zero-order valence-corrected chi connectivity index (χ0v) is 25.7. The fourth-order valence-corrected chi connectivity index (χ4v) is 11.7. The summed E-state index contributed by atoms with van der Waals surface area (Å²) in [7, 11) is 0. The molecule has 0 aromatic rings. The molecule has 5 aliphatic carbocycles. The van der Waals surface area contributed by atoms with Crippen LogP contribution in [0, 0.1) is 60.9 Å². The number of allylic oxidation sites excluding steroid dienone is 2. The van der Waals surface area contributed by atoms with Crippen molar-refractivity contribution in [1.29, 1.82) is 0 Å². The van der Waals surface area contributed by atoms with E-state index in [-0.39, 0.29) is 62.3 Å². The van der Waals surface area contributed by atoms with E-state index < -0.39 is 0 Å². The predicted molar refractivity (Wildman–Crippen MR) is 151 cm³/mol. The predicted octanol–water partition coefficient (Wildman–Crippen LogP) is 7.57. The Balaban J connectivity index is 1.54. The van der Waals surface area contributed by atoms with Crippen LogP contribution in [-0.2, 0) is 14.3 Å². The van der Waals surface area contributed by atoms with Gasteiger partial charge in [-0.15, -0.1) is 0 Å². The number of nitrogens with zero attached hydrogens (tertiary/aromatic N) is 1. The van der Waals surface area contributed by atoms with E-state index in [0.29, 0.717) is 30.6 Å². The first-order valence-electron chi connectivity index (χ1n) is 15.6. The van der Waals surface area contributed by atoms with E-state index in [1.165, 1.54) is 12.5 Å². The van der Waals surface area contributed by atoms with Crippen molar-refractivity contribution in [3.8, 4) is 0 Å². The van der Waals surface area contributed by atoms with Crippen LogP contribution in [0.2, 0.25) is 0 Å². The molecule has 0 spiro atoms. The van der Waals surface area contributed by atoms with Gasteiger partial charge in [0.25, 0.3) is 0 Å². The molecular weight excluding hydrogens is 490 g/mol. The maximum atomic E-state index is 13.5. The molecule has 5 aliphatic rings. The lowest BCUT2D eigenvalue weighted by atomic mass is 9.33. The van der Waals surface area contributed by atoms with E-state index in [1.807, 2.05) is 0 Å². The van der Waals surface area contributed by atoms with Crippen molar-refractivity contribution in [1.82, 2.24) is 0 Å². The van der Waals surface area contributed by atoms with Gasteiger partial charge in [-0.3, -0.25) is 19.7 Å². The van der Waals surface area contributed by atoms with Crippen LogP contribution in [0.4, 0.5) is 0 Å². The highest BCUT2D eigenvalue weighted by Crippen LogP contribution is 2.77. The Morgan fingerprint density at radius 1 is 0.974 bits per heavy atom. The van der Waals surface area contributed by atoms with Gasteiger partial charge in [-0.2, -0.15) is 0 Å². The molecule has 6 nitrogen and oxygen atoms in total. The second-order valence-electron chi connectivity index (χ2n) is 15.7. The summed E-state index contributed by atoms with van der Waals surface area (Å²) in [5.41, 5.74) is 2.36. The number of esters is 1. The number of rotatable bonds is 5. The summed E-state index contributed by atoms with van der Waals surface area (Å²) in [6.07, 6.45) is 9.41. The van der Waals surface area contributed by atoms with Crippen LogP contribution in [-0.4, -0.2) is 29.3 Å². The molecule has 0 heterocycles. The van der Waals surface area contributed by atoms with Crippen molar-refractivity contribution >= 4 is 11.8 Å². The Morgan fingerprint density at radius 3 is 2.28 bits per heavy atom. The van der Waals surface area contributed by atoms with E-state index in [2.05, 4.69) is 48.5 Å². The van der Waals surface area contributed by atoms with Gasteiger partial charge in [0.15, 0.2) is 5.78 Å². The minimum Gasteiger partial charge on any atom is -0.462 e. The molecule has 0 aliphatic heterocycles. The molecule has 0 aromatic heterocycles. The summed E-state index contributed by atoms with van der Waals surface area (Å²) in [4.78, 5) is 36.8. The number of hydrogen-bond acceptors (Lipinski definition) is 5. The molecule has 39 heavy (non-hydrogen) atoms. The van der Waals surface area contributed by atoms with Gasteiger partial charge in [0.2, 0.25) is 6.54 Å². The molecule has 5 rings (SSSR count). The quantitative estimate of drug-likeness (QED) is 0.204. The Morgan fingerprint density at radius 2 is 1.67 bits per heavy atom. The van der Waals surface area contributed by atoms with Crippen LogP contribution in [0.5, 0.6) is 0 Å². The maximum absolute atomic E-state index is 13.5. The molecule has 2 unspecified atom stereocenters. The Labute approximate surface area is 235 Å². The van der Waals surface area contributed by atoms with Gasteiger partial charge in [0, 0.05) is 35.5 Å². The van der Waals surface area contributed by atoms with Crippen LogP contribution in [0.3, 0.4) is 0 Å². The molecule has 6 heteroatoms. The minimum absolute atomic E-state index is 0.0236. The smallest absolute Gasteiger partial charge is 0.302 e. The van der Waals surface area contributed by atoms with E-state index >= 15 is 0 Å². The van der Waals surface area contributed by atoms with Gasteiger partial charge in [-0.1, -0.05) is 54.0 Å². The average molecular weight is 542 g/mol. The monoisotopic (exact) mass is 541 g/mol. The highest BCUT2D eigenvalue weighted by Gasteiger charge is 2.70. The molecular formula is C33H51NO5. The highest BCUT2D eigenvalue weighted by molar-refractivity contribution is 6.00. The summed E-state index contributed by atoms with van der Waals surface area (Å²) in [5, 5.41) is 11.5. The van der Waals surface area contributed by atoms with Gasteiger partial charge < -0.3 is 4.74 Å². The van der Waals surface area contributed by atoms with Crippen LogP contribution in [0.25, 0.3) is 0 Å². The molecule has 0 saturated heterocycles. The molecule has 8 atom stereocenters. The number of ether oxygens (including phenoxy) is 1. The van der Waals surface area contributed by atoms with Crippen molar-refractivity contribution in [2.45, 2.75) is 126 Å². The van der Waals surface area contributed by atoms with Gasteiger partial charge >= 0.3 is 5.97 Å². The Hall–Kier alpha value is -1.72. The second kappa shape index (κ2) is 9.14. The van der Waals surface area contributed by atoms with E-state index in [9.17, 15) is 19.7 Å². The third kappa shape index (κ3) is 3.92. The lowest BCUT2D eigenvalue weighted by Crippen LogP contribution is -2.65. The molecule has 4 saturated carbocycles. The Bertz CT molecular complexity index is 1110. The lowest BCUT2D eigenvalue weighted by molar-refractivity contribution is -0.483. The summed E-state index contributed by atoms with van der Waals surface area (Å²) in [6, 6.07) is 0. The molecule has 0 radical (unpaired) electrons. The Kier molecular flexibility index (Phi) is 6.75. The van der Waals surface area contributed by atoms with Crippen molar-refractivity contribution in [3.05, 3.63) is 21.3 Å². The third-order valence-electron chi connectivity index (χ3n) is 13.6. The number of hydrogen-bond donors (Lipinski definition) is 0. The first kappa shape index (κ1) is 28.8. The zero-order valence-electron chi connectivity index (χ0n) is 25.7. The normalized spacial score (nSPS) is 44.8. The van der Waals surface area contributed by atoms with Gasteiger partial charge in [0.05, 0.1) is 0 Å². The first-order chi connectivity index (χ1) is 18.0. The number of carbonyl (C=O) groups is 2. The summed E-state index contributed by atoms with van der Waals surface area (Å²) in [5.74, 6) is 1.64. The van der Waals surface area contributed by atoms with Crippen molar-refractivity contribution in [2.75, 3.05) is 6.54 Å². The number of nitro groups is 1. The molecule has 0 N–H and O–H groups in total. The average Bonchev–Trinajstić information content (AvgIpc) is 3.12. The van der Waals surface area contributed by atoms with Crippen LogP contribution >= 0.6 is 0 Å². The van der Waals surface area contributed by atoms with Gasteiger partial charge in [0.1, 0.15) is 6.10 Å². The van der Waals surface area contributed by atoms with Crippen molar-refractivity contribution in [2.24, 2.45) is 50.7 Å². The van der Waals surface area contributed by atoms with E-state index in [4.69, 9.17) is 4.74 Å². The largest absolute Gasteiger partial charge is 0.462 e. The van der Waals surface area contributed by atoms with Crippen molar-refractivity contribution < 1.29 is 19.2 Å². The summed E-state index contributed by atoms with van der Waals surface area (Å²) in [6.45, 7) is 18.0. The standard InChI is InChI=1S/C33H51NO5/c1-20(2)27-23(36)19-33(17-18-34(37)38)16-15-31(7)22(28(27)33)9-10-25-30(6)13-12-26(39-21(3)35)29(4,5)24(30)11-14-32(25,31)8/h20,22,24-26H,9-19H2,1-8H3/t22-,24?,25?,26+,30+,31-,32-,33-/m1/s1. The molecule has 0 bridgehead atoms. The summed E-state index contributed by atoms with van der Waals surface area (Å²) >= 11 is 0. The van der Waals surface area contributed by atoms with E-state index in [1.54, 1.807) is 0 Å². The van der Waals surface area contributed by atoms with E-state index in [0.717, 1.165) is 56.9 Å². The number of fused-ring (bicyclic) bond motifs is 7. The third-order valence-corrected chi connectivity index (χ3v) is 13.6. The second-order valence-corrected chi connectivity index (χ2v) is 15.7. The van der Waals surface area contributed by atoms with Crippen LogP contribution in [0.1, 0.15) is 120 Å². The SMILES string of the molecule is CC(=O)O[C@H]1CC[C@@]2(C)C(CC[C@]3(C)C2CC[C@@H]2C4=C(C(C)C)C(=O)C[C@]4(CC[N+](=O)[O-])CC[C@]23C)C1(C)C. The minimum atomic E-state index is -0.317. The molecule has 218 valence electrons. The van der Waals surface area contributed by atoms with Crippen LogP contribution in [0.15, 0.2) is 11.1 Å². The first-order valence-corrected chi connectivity index (χ1v) is 15.6.